The van der Waals surface area contributed by atoms with Crippen molar-refractivity contribution >= 4 is 10.9 Å². The summed E-state index contributed by atoms with van der Waals surface area (Å²) in [5.41, 5.74) is 3.33. The van der Waals surface area contributed by atoms with Crippen LogP contribution in [0.5, 0.6) is 0 Å². The molecule has 1 aromatic heterocycles. The first kappa shape index (κ1) is 10.8. The van der Waals surface area contributed by atoms with E-state index in [9.17, 15) is 9.50 Å². The lowest BCUT2D eigenvalue weighted by Gasteiger charge is -2.31. The molecule has 0 fully saturated rings. The molecule has 0 radical (unpaired) electrons. The maximum atomic E-state index is 13.3. The van der Waals surface area contributed by atoms with Crippen LogP contribution in [0.2, 0.25) is 0 Å². The summed E-state index contributed by atoms with van der Waals surface area (Å²) >= 11 is 0. The SMILES string of the molecule is CC1(CO)CCc2[nH]c3ccc(F)cc3c2C1. The van der Waals surface area contributed by atoms with Gasteiger partial charge < -0.3 is 10.1 Å². The van der Waals surface area contributed by atoms with Gasteiger partial charge in [-0.1, -0.05) is 6.92 Å². The van der Waals surface area contributed by atoms with Crippen LogP contribution < -0.4 is 0 Å². The third-order valence-corrected chi connectivity index (χ3v) is 3.92. The second-order valence-electron chi connectivity index (χ2n) is 5.42. The first-order valence-corrected chi connectivity index (χ1v) is 6.01. The molecule has 2 aromatic rings. The first-order chi connectivity index (χ1) is 8.11. The minimum absolute atomic E-state index is 0.0611. The Bertz CT molecular complexity index is 575. The zero-order valence-electron chi connectivity index (χ0n) is 9.89. The zero-order chi connectivity index (χ0) is 12.0. The predicted octanol–water partition coefficient (Wildman–Crippen LogP) is 2.79. The summed E-state index contributed by atoms with van der Waals surface area (Å²) in [7, 11) is 0. The van der Waals surface area contributed by atoms with E-state index in [1.54, 1.807) is 12.1 Å². The van der Waals surface area contributed by atoms with Crippen LogP contribution in [0.3, 0.4) is 0 Å². The van der Waals surface area contributed by atoms with E-state index in [0.717, 1.165) is 30.2 Å². The monoisotopic (exact) mass is 233 g/mol. The van der Waals surface area contributed by atoms with Gasteiger partial charge in [0.1, 0.15) is 5.82 Å². The van der Waals surface area contributed by atoms with Crippen molar-refractivity contribution in [3.8, 4) is 0 Å². The molecule has 1 atom stereocenters. The number of aromatic amines is 1. The average molecular weight is 233 g/mol. The van der Waals surface area contributed by atoms with Gasteiger partial charge >= 0.3 is 0 Å². The molecule has 0 aliphatic heterocycles. The van der Waals surface area contributed by atoms with Crippen molar-refractivity contribution in [1.82, 2.24) is 4.98 Å². The number of H-pyrrole nitrogens is 1. The third kappa shape index (κ3) is 1.65. The Morgan fingerprint density at radius 3 is 3.06 bits per heavy atom. The third-order valence-electron chi connectivity index (χ3n) is 3.92. The molecule has 2 nitrogen and oxygen atoms in total. The molecule has 0 amide bonds. The summed E-state index contributed by atoms with van der Waals surface area (Å²) in [6.07, 6.45) is 2.73. The molecule has 1 aliphatic rings. The number of halogens is 1. The van der Waals surface area contributed by atoms with Crippen molar-refractivity contribution in [1.29, 1.82) is 0 Å². The van der Waals surface area contributed by atoms with Crippen LogP contribution in [0.15, 0.2) is 18.2 Å². The van der Waals surface area contributed by atoms with Gasteiger partial charge in [-0.05, 0) is 48.4 Å². The van der Waals surface area contributed by atoms with Crippen LogP contribution in [-0.4, -0.2) is 16.7 Å². The van der Waals surface area contributed by atoms with E-state index in [1.807, 2.05) is 0 Å². The van der Waals surface area contributed by atoms with E-state index in [0.29, 0.717) is 0 Å². The molecule has 17 heavy (non-hydrogen) atoms. The Kier molecular flexibility index (Phi) is 2.26. The molecule has 3 rings (SSSR count). The molecule has 1 aliphatic carbocycles. The highest BCUT2D eigenvalue weighted by Gasteiger charge is 2.31. The highest BCUT2D eigenvalue weighted by Crippen LogP contribution is 2.38. The fourth-order valence-corrected chi connectivity index (χ4v) is 2.77. The van der Waals surface area contributed by atoms with Crippen molar-refractivity contribution in [3.63, 3.8) is 0 Å². The Balaban J connectivity index is 2.17. The van der Waals surface area contributed by atoms with E-state index in [-0.39, 0.29) is 17.8 Å². The summed E-state index contributed by atoms with van der Waals surface area (Å²) in [5, 5.41) is 10.4. The van der Waals surface area contributed by atoms with E-state index in [4.69, 9.17) is 0 Å². The average Bonchev–Trinajstić information content (AvgIpc) is 2.67. The lowest BCUT2D eigenvalue weighted by Crippen LogP contribution is -2.29. The molecule has 2 N–H and O–H groups in total. The molecule has 3 heteroatoms. The van der Waals surface area contributed by atoms with Crippen LogP contribution >= 0.6 is 0 Å². The van der Waals surface area contributed by atoms with Crippen LogP contribution in [0, 0.1) is 11.2 Å². The van der Waals surface area contributed by atoms with Crippen molar-refractivity contribution < 1.29 is 9.50 Å². The van der Waals surface area contributed by atoms with Gasteiger partial charge in [-0.25, -0.2) is 4.39 Å². The molecule has 0 saturated carbocycles. The van der Waals surface area contributed by atoms with Gasteiger partial charge in [-0.15, -0.1) is 0 Å². The van der Waals surface area contributed by atoms with Crippen LogP contribution in [-0.2, 0) is 12.8 Å². The van der Waals surface area contributed by atoms with Crippen molar-refractivity contribution in [2.75, 3.05) is 6.61 Å². The summed E-state index contributed by atoms with van der Waals surface area (Å²) in [6, 6.07) is 4.86. The predicted molar refractivity (Wildman–Crippen MR) is 65.5 cm³/mol. The van der Waals surface area contributed by atoms with Gasteiger partial charge in [0.15, 0.2) is 0 Å². The molecule has 0 saturated heterocycles. The topological polar surface area (TPSA) is 36.0 Å². The smallest absolute Gasteiger partial charge is 0.123 e. The van der Waals surface area contributed by atoms with Crippen LogP contribution in [0.25, 0.3) is 10.9 Å². The van der Waals surface area contributed by atoms with Gasteiger partial charge in [0, 0.05) is 23.2 Å². The normalized spacial score (nSPS) is 23.9. The number of hydrogen-bond donors (Lipinski definition) is 2. The van der Waals surface area contributed by atoms with Gasteiger partial charge in [0.05, 0.1) is 0 Å². The number of aryl methyl sites for hydroxylation is 1. The van der Waals surface area contributed by atoms with Gasteiger partial charge in [0.2, 0.25) is 0 Å². The summed E-state index contributed by atoms with van der Waals surface area (Å²) < 4.78 is 13.3. The summed E-state index contributed by atoms with van der Waals surface area (Å²) in [6.45, 7) is 2.28. The number of benzene rings is 1. The molecule has 90 valence electrons. The highest BCUT2D eigenvalue weighted by molar-refractivity contribution is 5.85. The largest absolute Gasteiger partial charge is 0.396 e. The number of hydrogen-bond acceptors (Lipinski definition) is 1. The summed E-state index contributed by atoms with van der Waals surface area (Å²) in [4.78, 5) is 3.36. The van der Waals surface area contributed by atoms with Crippen molar-refractivity contribution in [2.24, 2.45) is 5.41 Å². The molecule has 1 unspecified atom stereocenters. The summed E-state index contributed by atoms with van der Waals surface area (Å²) in [5.74, 6) is -0.199. The Labute approximate surface area is 99.5 Å². The molecular weight excluding hydrogens is 217 g/mol. The van der Waals surface area contributed by atoms with Crippen molar-refractivity contribution in [3.05, 3.63) is 35.3 Å². The Morgan fingerprint density at radius 2 is 2.29 bits per heavy atom. The molecule has 0 spiro atoms. The Morgan fingerprint density at radius 1 is 1.47 bits per heavy atom. The maximum Gasteiger partial charge on any atom is 0.123 e. The molecule has 1 heterocycles. The Hall–Kier alpha value is -1.35. The minimum atomic E-state index is -0.199. The van der Waals surface area contributed by atoms with Gasteiger partial charge in [-0.3, -0.25) is 0 Å². The van der Waals surface area contributed by atoms with Crippen molar-refractivity contribution in [2.45, 2.75) is 26.2 Å². The first-order valence-electron chi connectivity index (χ1n) is 6.01. The van der Waals surface area contributed by atoms with Gasteiger partial charge in [0.25, 0.3) is 0 Å². The van der Waals surface area contributed by atoms with E-state index in [2.05, 4.69) is 11.9 Å². The zero-order valence-corrected chi connectivity index (χ0v) is 9.89. The quantitative estimate of drug-likeness (QED) is 0.780. The lowest BCUT2D eigenvalue weighted by molar-refractivity contribution is 0.127. The van der Waals surface area contributed by atoms with E-state index in [1.165, 1.54) is 17.3 Å². The second kappa shape index (κ2) is 3.57. The number of nitrogens with one attached hydrogen (secondary N) is 1. The van der Waals surface area contributed by atoms with Crippen LogP contribution in [0.4, 0.5) is 4.39 Å². The van der Waals surface area contributed by atoms with E-state index >= 15 is 0 Å². The second-order valence-corrected chi connectivity index (χ2v) is 5.42. The van der Waals surface area contributed by atoms with E-state index < -0.39 is 0 Å². The minimum Gasteiger partial charge on any atom is -0.396 e. The number of rotatable bonds is 1. The molecule has 0 bridgehead atoms. The maximum absolute atomic E-state index is 13.3. The van der Waals surface area contributed by atoms with Crippen LogP contribution in [0.1, 0.15) is 24.6 Å². The number of aliphatic hydroxyl groups is 1. The standard InChI is InChI=1S/C14H16FNO/c1-14(8-17)5-4-13-11(7-14)10-6-9(15)2-3-12(10)16-13/h2-3,6,16-17H,4-5,7-8H2,1H3. The number of aromatic nitrogens is 1. The fraction of sp³-hybridized carbons (Fsp3) is 0.429. The molecule has 1 aromatic carbocycles. The number of fused-ring (bicyclic) bond motifs is 3. The lowest BCUT2D eigenvalue weighted by atomic mass is 9.75. The number of aliphatic hydroxyl groups excluding tert-OH is 1. The highest BCUT2D eigenvalue weighted by atomic mass is 19.1. The fourth-order valence-electron chi connectivity index (χ4n) is 2.77. The van der Waals surface area contributed by atoms with Gasteiger partial charge in [-0.2, -0.15) is 0 Å². The molecular formula is C14H16FNO.